The van der Waals surface area contributed by atoms with Gasteiger partial charge >= 0.3 is 0 Å². The molecule has 1 saturated carbocycles. The number of Topliss-reactive ketones (excluding diaryl/α,β-unsaturated/α-hetero) is 1. The van der Waals surface area contributed by atoms with Crippen molar-refractivity contribution in [1.82, 2.24) is 9.78 Å². The topological polar surface area (TPSA) is 44.1 Å². The Kier molecular flexibility index (Phi) is 3.39. The Morgan fingerprint density at radius 1 is 1.62 bits per heavy atom. The molecule has 1 aromatic heterocycles. The van der Waals surface area contributed by atoms with Gasteiger partial charge in [-0.3, -0.25) is 9.48 Å². The molecule has 16 heavy (non-hydrogen) atoms. The number of ketones is 1. The molecule has 0 N–H and O–H groups in total. The van der Waals surface area contributed by atoms with Gasteiger partial charge in [-0.1, -0.05) is 0 Å². The van der Waals surface area contributed by atoms with Crippen LogP contribution in [0.5, 0.6) is 0 Å². The van der Waals surface area contributed by atoms with E-state index in [4.69, 9.17) is 4.74 Å². The second-order valence-corrected chi connectivity index (χ2v) is 4.11. The van der Waals surface area contributed by atoms with Crippen LogP contribution < -0.4 is 0 Å². The van der Waals surface area contributed by atoms with Gasteiger partial charge in [-0.2, -0.15) is 5.10 Å². The maximum atomic E-state index is 12.3. The Bertz CT molecular complexity index is 369. The molecule has 4 heteroatoms. The summed E-state index contributed by atoms with van der Waals surface area (Å²) in [6, 6.07) is 1.78. The first-order valence-electron chi connectivity index (χ1n) is 5.95. The van der Waals surface area contributed by atoms with Crippen molar-refractivity contribution < 1.29 is 9.53 Å². The Labute approximate surface area is 95.6 Å². The molecule has 1 aliphatic rings. The van der Waals surface area contributed by atoms with E-state index in [2.05, 4.69) is 5.10 Å². The van der Waals surface area contributed by atoms with Gasteiger partial charge in [0.15, 0.2) is 0 Å². The maximum absolute atomic E-state index is 12.3. The molecule has 1 heterocycles. The lowest BCUT2D eigenvalue weighted by Gasteiger charge is -2.15. The molecular weight excluding hydrogens is 204 g/mol. The molecule has 0 amide bonds. The first-order valence-corrected chi connectivity index (χ1v) is 5.95. The first kappa shape index (κ1) is 11.3. The van der Waals surface area contributed by atoms with Crippen molar-refractivity contribution in [3.05, 3.63) is 18.0 Å². The molecule has 0 bridgehead atoms. The number of ether oxygens (including phenoxy) is 1. The fourth-order valence-corrected chi connectivity index (χ4v) is 1.94. The molecule has 1 atom stereocenters. The fourth-order valence-electron chi connectivity index (χ4n) is 1.94. The van der Waals surface area contributed by atoms with Crippen LogP contribution in [0, 0.1) is 5.92 Å². The van der Waals surface area contributed by atoms with Crippen LogP contribution in [0.2, 0.25) is 0 Å². The fraction of sp³-hybridized carbons (Fsp3) is 0.667. The van der Waals surface area contributed by atoms with Gasteiger partial charge in [0.2, 0.25) is 5.78 Å². The molecule has 0 aromatic carbocycles. The van der Waals surface area contributed by atoms with Crippen LogP contribution in [-0.2, 0) is 11.3 Å². The quantitative estimate of drug-likeness (QED) is 0.690. The van der Waals surface area contributed by atoms with Crippen molar-refractivity contribution in [1.29, 1.82) is 0 Å². The van der Waals surface area contributed by atoms with Gasteiger partial charge in [-0.15, -0.1) is 0 Å². The van der Waals surface area contributed by atoms with E-state index in [1.165, 1.54) is 0 Å². The minimum atomic E-state index is -0.257. The maximum Gasteiger partial charge on any atom is 0.209 e. The lowest BCUT2D eigenvalue weighted by molar-refractivity contribution is 0.0365. The van der Waals surface area contributed by atoms with E-state index in [0.717, 1.165) is 19.4 Å². The third kappa shape index (κ3) is 2.16. The number of nitrogens with zero attached hydrogens (tertiary/aromatic N) is 2. The largest absolute Gasteiger partial charge is 0.370 e. The number of aromatic nitrogens is 2. The van der Waals surface area contributed by atoms with Crippen molar-refractivity contribution in [3.8, 4) is 0 Å². The number of rotatable bonds is 6. The third-order valence-electron chi connectivity index (χ3n) is 2.92. The SMILES string of the molecule is CCOC(C(=O)c1ccnn1CC)C1CC1. The second kappa shape index (κ2) is 4.78. The lowest BCUT2D eigenvalue weighted by Crippen LogP contribution is -2.28. The summed E-state index contributed by atoms with van der Waals surface area (Å²) in [5.74, 6) is 0.511. The van der Waals surface area contributed by atoms with Gasteiger partial charge < -0.3 is 4.74 Å². The summed E-state index contributed by atoms with van der Waals surface area (Å²) in [7, 11) is 0. The molecule has 1 aromatic rings. The summed E-state index contributed by atoms with van der Waals surface area (Å²) in [5.41, 5.74) is 0.674. The summed E-state index contributed by atoms with van der Waals surface area (Å²) in [6.45, 7) is 5.22. The van der Waals surface area contributed by atoms with E-state index in [1.807, 2.05) is 13.8 Å². The Morgan fingerprint density at radius 3 is 2.94 bits per heavy atom. The molecule has 0 spiro atoms. The average molecular weight is 222 g/mol. The molecular formula is C12H18N2O2. The van der Waals surface area contributed by atoms with Crippen molar-refractivity contribution >= 4 is 5.78 Å². The minimum absolute atomic E-state index is 0.0868. The van der Waals surface area contributed by atoms with E-state index < -0.39 is 0 Å². The molecule has 0 saturated heterocycles. The number of aryl methyl sites for hydroxylation is 1. The van der Waals surface area contributed by atoms with Crippen LogP contribution in [0.3, 0.4) is 0 Å². The summed E-state index contributed by atoms with van der Waals surface area (Å²) < 4.78 is 7.29. The normalized spacial score (nSPS) is 17.4. The van der Waals surface area contributed by atoms with Gasteiger partial charge in [0.25, 0.3) is 0 Å². The predicted octanol–water partition coefficient (Wildman–Crippen LogP) is 1.90. The second-order valence-electron chi connectivity index (χ2n) is 4.11. The summed E-state index contributed by atoms with van der Waals surface area (Å²) in [4.78, 5) is 12.3. The van der Waals surface area contributed by atoms with Crippen LogP contribution >= 0.6 is 0 Å². The van der Waals surface area contributed by atoms with Gasteiger partial charge in [-0.05, 0) is 38.7 Å². The van der Waals surface area contributed by atoms with Gasteiger partial charge in [0, 0.05) is 19.3 Å². The van der Waals surface area contributed by atoms with Gasteiger partial charge in [0.05, 0.1) is 0 Å². The zero-order valence-electron chi connectivity index (χ0n) is 9.85. The molecule has 4 nitrogen and oxygen atoms in total. The number of carbonyl (C=O) groups excluding carboxylic acids is 1. The summed E-state index contributed by atoms with van der Waals surface area (Å²) in [6.07, 6.45) is 3.63. The third-order valence-corrected chi connectivity index (χ3v) is 2.92. The minimum Gasteiger partial charge on any atom is -0.370 e. The zero-order chi connectivity index (χ0) is 11.5. The Morgan fingerprint density at radius 2 is 2.38 bits per heavy atom. The van der Waals surface area contributed by atoms with E-state index in [-0.39, 0.29) is 11.9 Å². The molecule has 1 unspecified atom stereocenters. The number of carbonyl (C=O) groups is 1. The highest BCUT2D eigenvalue weighted by atomic mass is 16.5. The van der Waals surface area contributed by atoms with E-state index in [1.54, 1.807) is 16.9 Å². The molecule has 0 aliphatic heterocycles. The number of hydrogen-bond acceptors (Lipinski definition) is 3. The lowest BCUT2D eigenvalue weighted by atomic mass is 10.1. The van der Waals surface area contributed by atoms with E-state index in [9.17, 15) is 4.79 Å². The van der Waals surface area contributed by atoms with Crippen LogP contribution in [0.15, 0.2) is 12.3 Å². The average Bonchev–Trinajstić information content (AvgIpc) is 3.01. The van der Waals surface area contributed by atoms with Crippen LogP contribution in [0.25, 0.3) is 0 Å². The monoisotopic (exact) mass is 222 g/mol. The van der Waals surface area contributed by atoms with Crippen molar-refractivity contribution in [2.24, 2.45) is 5.92 Å². The van der Waals surface area contributed by atoms with Crippen LogP contribution in [0.4, 0.5) is 0 Å². The highest BCUT2D eigenvalue weighted by molar-refractivity contribution is 5.98. The number of hydrogen-bond donors (Lipinski definition) is 0. The standard InChI is InChI=1S/C12H18N2O2/c1-3-14-10(7-8-13-14)11(15)12(16-4-2)9-5-6-9/h7-9,12H,3-6H2,1-2H3. The predicted molar refractivity (Wildman–Crippen MR) is 60.4 cm³/mol. The van der Waals surface area contributed by atoms with E-state index in [0.29, 0.717) is 18.2 Å². The zero-order valence-corrected chi connectivity index (χ0v) is 9.85. The van der Waals surface area contributed by atoms with Crippen LogP contribution in [0.1, 0.15) is 37.2 Å². The molecule has 2 rings (SSSR count). The Hall–Kier alpha value is -1.16. The first-order chi connectivity index (χ1) is 7.77. The smallest absolute Gasteiger partial charge is 0.209 e. The molecule has 88 valence electrons. The van der Waals surface area contributed by atoms with Gasteiger partial charge in [0.1, 0.15) is 11.8 Å². The highest BCUT2D eigenvalue weighted by Crippen LogP contribution is 2.35. The summed E-state index contributed by atoms with van der Waals surface area (Å²) >= 11 is 0. The van der Waals surface area contributed by atoms with Crippen molar-refractivity contribution in [3.63, 3.8) is 0 Å². The van der Waals surface area contributed by atoms with Crippen LogP contribution in [-0.4, -0.2) is 28.3 Å². The summed E-state index contributed by atoms with van der Waals surface area (Å²) in [5, 5.41) is 4.12. The van der Waals surface area contributed by atoms with E-state index >= 15 is 0 Å². The van der Waals surface area contributed by atoms with Gasteiger partial charge in [-0.25, -0.2) is 0 Å². The molecule has 1 aliphatic carbocycles. The van der Waals surface area contributed by atoms with Crippen molar-refractivity contribution in [2.75, 3.05) is 6.61 Å². The molecule has 0 radical (unpaired) electrons. The van der Waals surface area contributed by atoms with Crippen molar-refractivity contribution in [2.45, 2.75) is 39.3 Å². The Balaban J connectivity index is 2.15. The highest BCUT2D eigenvalue weighted by Gasteiger charge is 2.38. The molecule has 1 fully saturated rings.